The maximum Gasteiger partial charge on any atom is 0.255 e. The van der Waals surface area contributed by atoms with Gasteiger partial charge in [0.25, 0.3) is 5.91 Å². The number of furan rings is 1. The van der Waals surface area contributed by atoms with E-state index in [9.17, 15) is 4.79 Å². The Balaban J connectivity index is 1.88. The van der Waals surface area contributed by atoms with Crippen LogP contribution < -0.4 is 5.32 Å². The van der Waals surface area contributed by atoms with Gasteiger partial charge in [0, 0.05) is 24.7 Å². The van der Waals surface area contributed by atoms with Gasteiger partial charge in [0.2, 0.25) is 5.89 Å². The van der Waals surface area contributed by atoms with Crippen LogP contribution in [0.5, 0.6) is 0 Å². The minimum absolute atomic E-state index is 0.166. The molecule has 0 aromatic carbocycles. The molecule has 142 valence electrons. The molecule has 1 saturated heterocycles. The van der Waals surface area contributed by atoms with Gasteiger partial charge in [-0.1, -0.05) is 19.0 Å². The average molecular weight is 361 g/mol. The second-order valence-corrected chi connectivity index (χ2v) is 7.26. The van der Waals surface area contributed by atoms with E-state index < -0.39 is 0 Å². The summed E-state index contributed by atoms with van der Waals surface area (Å²) in [5.74, 6) is 2.69. The molecule has 0 unspecified atom stereocenters. The van der Waals surface area contributed by atoms with Crippen molar-refractivity contribution in [1.29, 1.82) is 0 Å². The Bertz CT molecular complexity index is 772. The Labute approximate surface area is 153 Å². The minimum atomic E-state index is -0.333. The number of amides is 1. The summed E-state index contributed by atoms with van der Waals surface area (Å²) >= 11 is 0. The summed E-state index contributed by atoms with van der Waals surface area (Å²) in [6, 6.07) is -0.333. The highest BCUT2D eigenvalue weighted by Gasteiger charge is 2.33. The minimum Gasteiger partial charge on any atom is -0.466 e. The van der Waals surface area contributed by atoms with Crippen molar-refractivity contribution in [3.63, 3.8) is 0 Å². The van der Waals surface area contributed by atoms with Crippen molar-refractivity contribution in [2.45, 2.75) is 59.4 Å². The summed E-state index contributed by atoms with van der Waals surface area (Å²) in [4.78, 5) is 17.5. The zero-order chi connectivity index (χ0) is 18.8. The summed E-state index contributed by atoms with van der Waals surface area (Å²) in [5, 5.41) is 7.18. The SMILES string of the molecule is Cc1oc(C)c(C(=O)N[C@H](c2nc(C(C)C)no2)C2CCOCC2)c1C. The van der Waals surface area contributed by atoms with Crippen molar-refractivity contribution >= 4 is 5.91 Å². The first-order valence-corrected chi connectivity index (χ1v) is 9.17. The summed E-state index contributed by atoms with van der Waals surface area (Å²) in [7, 11) is 0. The molecule has 1 amide bonds. The predicted octanol–water partition coefficient (Wildman–Crippen LogP) is 3.61. The predicted molar refractivity (Wildman–Crippen MR) is 95.1 cm³/mol. The standard InChI is InChI=1S/C19H27N3O4/c1-10(2)17-21-19(26-22-17)16(14-6-8-24-9-7-14)20-18(23)15-11(3)12(4)25-13(15)5/h10,14,16H,6-9H2,1-5H3,(H,20,23)/t16-/m0/s1. The van der Waals surface area contributed by atoms with Gasteiger partial charge in [-0.25, -0.2) is 0 Å². The van der Waals surface area contributed by atoms with Crippen LogP contribution in [-0.2, 0) is 4.74 Å². The molecule has 7 nitrogen and oxygen atoms in total. The fourth-order valence-corrected chi connectivity index (χ4v) is 3.38. The van der Waals surface area contributed by atoms with E-state index in [1.807, 2.05) is 34.6 Å². The first-order chi connectivity index (χ1) is 12.4. The van der Waals surface area contributed by atoms with Crippen molar-refractivity contribution in [3.05, 3.63) is 34.4 Å². The summed E-state index contributed by atoms with van der Waals surface area (Å²) in [6.45, 7) is 10.9. The normalized spacial score (nSPS) is 16.8. The third-order valence-electron chi connectivity index (χ3n) is 5.05. The van der Waals surface area contributed by atoms with Gasteiger partial charge < -0.3 is 19.0 Å². The molecule has 1 aliphatic heterocycles. The fraction of sp³-hybridized carbons (Fsp3) is 0.632. The van der Waals surface area contributed by atoms with Crippen molar-refractivity contribution in [3.8, 4) is 0 Å². The quantitative estimate of drug-likeness (QED) is 0.875. The number of rotatable bonds is 5. The van der Waals surface area contributed by atoms with Crippen LogP contribution in [0.25, 0.3) is 0 Å². The molecule has 2 aromatic rings. The van der Waals surface area contributed by atoms with Gasteiger partial charge >= 0.3 is 0 Å². The largest absolute Gasteiger partial charge is 0.466 e. The monoisotopic (exact) mass is 361 g/mol. The number of ether oxygens (including phenoxy) is 1. The molecule has 1 aliphatic rings. The molecule has 7 heteroatoms. The molecule has 0 spiro atoms. The molecule has 0 aliphatic carbocycles. The molecule has 0 bridgehead atoms. The zero-order valence-electron chi connectivity index (χ0n) is 16.1. The lowest BCUT2D eigenvalue weighted by Gasteiger charge is -2.28. The summed E-state index contributed by atoms with van der Waals surface area (Å²) in [5.41, 5.74) is 1.45. The maximum absolute atomic E-state index is 13.0. The molecule has 1 atom stereocenters. The molecule has 1 fully saturated rings. The highest BCUT2D eigenvalue weighted by molar-refractivity contribution is 5.97. The number of carbonyl (C=O) groups is 1. The van der Waals surface area contributed by atoms with Gasteiger partial charge in [-0.3, -0.25) is 4.79 Å². The summed E-state index contributed by atoms with van der Waals surface area (Å²) < 4.78 is 16.6. The van der Waals surface area contributed by atoms with Crippen LogP contribution >= 0.6 is 0 Å². The number of hydrogen-bond acceptors (Lipinski definition) is 6. The van der Waals surface area contributed by atoms with E-state index >= 15 is 0 Å². The highest BCUT2D eigenvalue weighted by Crippen LogP contribution is 2.31. The van der Waals surface area contributed by atoms with E-state index in [1.54, 1.807) is 0 Å². The Morgan fingerprint density at radius 3 is 2.38 bits per heavy atom. The van der Waals surface area contributed by atoms with Gasteiger partial charge in [-0.05, 0) is 39.5 Å². The molecule has 3 heterocycles. The van der Waals surface area contributed by atoms with E-state index in [1.165, 1.54) is 0 Å². The molecule has 26 heavy (non-hydrogen) atoms. The number of nitrogens with one attached hydrogen (secondary N) is 1. The summed E-state index contributed by atoms with van der Waals surface area (Å²) in [6.07, 6.45) is 1.68. The van der Waals surface area contributed by atoms with Crippen LogP contribution in [0, 0.1) is 26.7 Å². The second-order valence-electron chi connectivity index (χ2n) is 7.26. The van der Waals surface area contributed by atoms with Crippen molar-refractivity contribution in [1.82, 2.24) is 15.5 Å². The Hall–Kier alpha value is -2.15. The van der Waals surface area contributed by atoms with Gasteiger partial charge in [-0.15, -0.1) is 0 Å². The van der Waals surface area contributed by atoms with Crippen LogP contribution in [0.1, 0.15) is 77.8 Å². The molecular weight excluding hydrogens is 334 g/mol. The lowest BCUT2D eigenvalue weighted by Crippen LogP contribution is -2.36. The highest BCUT2D eigenvalue weighted by atomic mass is 16.5. The topological polar surface area (TPSA) is 90.4 Å². The van der Waals surface area contributed by atoms with Crippen LogP contribution in [0.3, 0.4) is 0 Å². The van der Waals surface area contributed by atoms with Gasteiger partial charge in [0.05, 0.1) is 5.56 Å². The smallest absolute Gasteiger partial charge is 0.255 e. The van der Waals surface area contributed by atoms with Crippen LogP contribution in [-0.4, -0.2) is 29.3 Å². The fourth-order valence-electron chi connectivity index (χ4n) is 3.38. The van der Waals surface area contributed by atoms with Crippen molar-refractivity contribution < 1.29 is 18.5 Å². The van der Waals surface area contributed by atoms with Gasteiger partial charge in [0.15, 0.2) is 5.82 Å². The number of aryl methyl sites for hydroxylation is 2. The molecular formula is C19H27N3O4. The number of hydrogen-bond donors (Lipinski definition) is 1. The second kappa shape index (κ2) is 7.61. The molecule has 3 rings (SSSR count). The lowest BCUT2D eigenvalue weighted by atomic mass is 9.91. The maximum atomic E-state index is 13.0. The van der Waals surface area contributed by atoms with Crippen molar-refractivity contribution in [2.75, 3.05) is 13.2 Å². The Kier molecular flexibility index (Phi) is 5.46. The lowest BCUT2D eigenvalue weighted by molar-refractivity contribution is 0.0467. The average Bonchev–Trinajstić information content (AvgIpc) is 3.19. The van der Waals surface area contributed by atoms with Crippen LogP contribution in [0.4, 0.5) is 0 Å². The van der Waals surface area contributed by atoms with E-state index in [4.69, 9.17) is 13.7 Å². The molecule has 2 aromatic heterocycles. The van der Waals surface area contributed by atoms with Crippen LogP contribution in [0.2, 0.25) is 0 Å². The van der Waals surface area contributed by atoms with Crippen LogP contribution in [0.15, 0.2) is 8.94 Å². The van der Waals surface area contributed by atoms with Gasteiger partial charge in [0.1, 0.15) is 17.6 Å². The number of aromatic nitrogens is 2. The van der Waals surface area contributed by atoms with Gasteiger partial charge in [-0.2, -0.15) is 4.98 Å². The number of carbonyl (C=O) groups excluding carboxylic acids is 1. The molecule has 1 N–H and O–H groups in total. The third kappa shape index (κ3) is 3.67. The van der Waals surface area contributed by atoms with E-state index in [0.717, 1.165) is 24.2 Å². The first kappa shape index (κ1) is 18.6. The van der Waals surface area contributed by atoms with E-state index in [2.05, 4.69) is 15.5 Å². The third-order valence-corrected chi connectivity index (χ3v) is 5.05. The zero-order valence-corrected chi connectivity index (χ0v) is 16.1. The van der Waals surface area contributed by atoms with Crippen molar-refractivity contribution in [2.24, 2.45) is 5.92 Å². The number of nitrogens with zero attached hydrogens (tertiary/aromatic N) is 2. The Morgan fingerprint density at radius 2 is 1.85 bits per heavy atom. The molecule has 0 radical (unpaired) electrons. The first-order valence-electron chi connectivity index (χ1n) is 9.17. The molecule has 0 saturated carbocycles. The van der Waals surface area contributed by atoms with E-state index in [0.29, 0.717) is 36.3 Å². The van der Waals surface area contributed by atoms with E-state index in [-0.39, 0.29) is 23.8 Å². The Morgan fingerprint density at radius 1 is 1.15 bits per heavy atom.